The first-order valence-corrected chi connectivity index (χ1v) is 15.1. The summed E-state index contributed by atoms with van der Waals surface area (Å²) in [6, 6.07) is 0. The van der Waals surface area contributed by atoms with Gasteiger partial charge in [0.2, 0.25) is 0 Å². The normalized spacial score (nSPS) is 20.4. The summed E-state index contributed by atoms with van der Waals surface area (Å²) in [5.74, 6) is -0.470. The molecule has 44 heavy (non-hydrogen) atoms. The Morgan fingerprint density at radius 2 is 0.795 bits per heavy atom. The molecule has 0 saturated heterocycles. The van der Waals surface area contributed by atoms with Crippen molar-refractivity contribution in [3.8, 4) is 0 Å². The van der Waals surface area contributed by atoms with Gasteiger partial charge in [-0.1, -0.05) is 135 Å². The lowest BCUT2D eigenvalue weighted by atomic mass is 9.84. The Balaban J connectivity index is 1.97. The van der Waals surface area contributed by atoms with Crippen LogP contribution in [-0.4, -0.2) is 23.1 Å². The van der Waals surface area contributed by atoms with Gasteiger partial charge < -0.3 is 0 Å². The smallest absolute Gasteiger partial charge is 0.167 e. The minimum Gasteiger partial charge on any atom is -0.294 e. The van der Waals surface area contributed by atoms with Gasteiger partial charge in [-0.2, -0.15) is 0 Å². The molecule has 0 aromatic heterocycles. The van der Waals surface area contributed by atoms with Crippen LogP contribution in [0.25, 0.3) is 0 Å². The average molecular weight is 593 g/mol. The molecular formula is C40H48O4. The van der Waals surface area contributed by atoms with Crippen molar-refractivity contribution in [1.29, 1.82) is 0 Å². The molecule has 0 aliphatic heterocycles. The third-order valence-corrected chi connectivity index (χ3v) is 7.76. The molecule has 0 fully saturated rings. The summed E-state index contributed by atoms with van der Waals surface area (Å²) in [5.41, 5.74) is 5.89. The molecule has 0 saturated carbocycles. The second-order valence-electron chi connectivity index (χ2n) is 13.1. The van der Waals surface area contributed by atoms with Crippen LogP contribution in [0, 0.1) is 10.8 Å². The number of hydrogen-bond donors (Lipinski definition) is 0. The highest BCUT2D eigenvalue weighted by atomic mass is 16.2. The molecule has 0 radical (unpaired) electrons. The minimum absolute atomic E-state index is 0.0680. The molecule has 0 aromatic rings. The molecule has 2 aliphatic rings. The van der Waals surface area contributed by atoms with Crippen LogP contribution in [0.2, 0.25) is 0 Å². The topological polar surface area (TPSA) is 68.3 Å². The van der Waals surface area contributed by atoms with Crippen LogP contribution in [0.5, 0.6) is 0 Å². The van der Waals surface area contributed by atoms with Crippen LogP contribution in [0.1, 0.15) is 82.1 Å². The summed E-state index contributed by atoms with van der Waals surface area (Å²) in [6.45, 7) is 19.0. The van der Waals surface area contributed by atoms with Gasteiger partial charge in [0.1, 0.15) is 0 Å². The van der Waals surface area contributed by atoms with Crippen molar-refractivity contribution >= 4 is 23.1 Å². The molecule has 0 atom stereocenters. The predicted octanol–water partition coefficient (Wildman–Crippen LogP) is 9.32. The Hall–Kier alpha value is -4.18. The molecule has 232 valence electrons. The Morgan fingerprint density at radius 1 is 0.500 bits per heavy atom. The van der Waals surface area contributed by atoms with E-state index in [9.17, 15) is 19.2 Å². The second kappa shape index (κ2) is 15.5. The van der Waals surface area contributed by atoms with E-state index in [2.05, 4.69) is 0 Å². The van der Waals surface area contributed by atoms with Crippen molar-refractivity contribution in [2.24, 2.45) is 10.8 Å². The van der Waals surface area contributed by atoms with Crippen LogP contribution in [0.3, 0.4) is 0 Å². The number of carbonyl (C=O) groups excluding carboxylic acids is 4. The zero-order valence-electron chi connectivity index (χ0n) is 28.1. The number of rotatable bonds is 12. The van der Waals surface area contributed by atoms with Crippen LogP contribution < -0.4 is 0 Å². The predicted molar refractivity (Wildman–Crippen MR) is 183 cm³/mol. The van der Waals surface area contributed by atoms with Crippen LogP contribution in [0.4, 0.5) is 0 Å². The maximum Gasteiger partial charge on any atom is 0.167 e. The summed E-state index contributed by atoms with van der Waals surface area (Å²) < 4.78 is 0. The van der Waals surface area contributed by atoms with E-state index in [4.69, 9.17) is 0 Å². The molecule has 4 heteroatoms. The standard InChI is InChI=1S/C40H48O4/c1-27(17-13-19-29(3)21-23-33-37(31(5)41)35(43)25-39(33,7)8)15-11-12-16-28(2)18-14-20-30(4)22-24-34-38(32(6)42)36(44)26-40(34,9)10/h11-24H,25-26H2,1-10H3/b12-11+,17-13+,18-14+,23-21+,24-22+,27-15+,28-16+,29-19+,30-20+. The van der Waals surface area contributed by atoms with Gasteiger partial charge in [-0.15, -0.1) is 0 Å². The van der Waals surface area contributed by atoms with E-state index in [1.54, 1.807) is 0 Å². The van der Waals surface area contributed by atoms with Gasteiger partial charge in [0.25, 0.3) is 0 Å². The fourth-order valence-electron chi connectivity index (χ4n) is 5.31. The Morgan fingerprint density at radius 3 is 1.11 bits per heavy atom. The molecule has 0 N–H and O–H groups in total. The molecule has 0 bridgehead atoms. The summed E-state index contributed by atoms with van der Waals surface area (Å²) >= 11 is 0. The number of allylic oxidation sites excluding steroid dienone is 22. The molecule has 0 aromatic carbocycles. The van der Waals surface area contributed by atoms with Crippen molar-refractivity contribution in [2.45, 2.75) is 82.1 Å². The van der Waals surface area contributed by atoms with Crippen molar-refractivity contribution in [3.63, 3.8) is 0 Å². The lowest BCUT2D eigenvalue weighted by Crippen LogP contribution is -2.09. The van der Waals surface area contributed by atoms with E-state index >= 15 is 0 Å². The van der Waals surface area contributed by atoms with Crippen LogP contribution in [0.15, 0.2) is 130 Å². The summed E-state index contributed by atoms with van der Waals surface area (Å²) in [5, 5.41) is 0. The lowest BCUT2D eigenvalue weighted by molar-refractivity contribution is -0.121. The minimum atomic E-state index is -0.331. The Bertz CT molecular complexity index is 1430. The van der Waals surface area contributed by atoms with Crippen LogP contribution >= 0.6 is 0 Å². The monoisotopic (exact) mass is 592 g/mol. The van der Waals surface area contributed by atoms with Crippen LogP contribution in [-0.2, 0) is 19.2 Å². The molecule has 2 rings (SSSR count). The van der Waals surface area contributed by atoms with Gasteiger partial charge in [0.05, 0.1) is 11.1 Å². The maximum absolute atomic E-state index is 12.3. The number of hydrogen-bond acceptors (Lipinski definition) is 4. The van der Waals surface area contributed by atoms with Gasteiger partial charge in [0, 0.05) is 12.8 Å². The van der Waals surface area contributed by atoms with E-state index in [-0.39, 0.29) is 34.0 Å². The molecule has 4 nitrogen and oxygen atoms in total. The van der Waals surface area contributed by atoms with Gasteiger partial charge in [-0.25, -0.2) is 0 Å². The van der Waals surface area contributed by atoms with Crippen molar-refractivity contribution in [2.75, 3.05) is 0 Å². The molecule has 0 unspecified atom stereocenters. The van der Waals surface area contributed by atoms with Gasteiger partial charge in [0.15, 0.2) is 23.1 Å². The van der Waals surface area contributed by atoms with E-state index < -0.39 is 0 Å². The highest BCUT2D eigenvalue weighted by Gasteiger charge is 2.39. The lowest BCUT2D eigenvalue weighted by Gasteiger charge is -2.19. The first-order valence-electron chi connectivity index (χ1n) is 15.1. The molecule has 0 amide bonds. The third-order valence-electron chi connectivity index (χ3n) is 7.76. The molecular weight excluding hydrogens is 544 g/mol. The second-order valence-corrected chi connectivity index (χ2v) is 13.1. The van der Waals surface area contributed by atoms with Gasteiger partial charge in [-0.3, -0.25) is 19.2 Å². The fraction of sp³-hybridized carbons (Fsp3) is 0.350. The largest absolute Gasteiger partial charge is 0.294 e. The first kappa shape index (κ1) is 36.0. The average Bonchev–Trinajstić information content (AvgIpc) is 3.28. The van der Waals surface area contributed by atoms with E-state index in [0.717, 1.165) is 33.4 Å². The summed E-state index contributed by atoms with van der Waals surface area (Å²) in [6.07, 6.45) is 28.6. The van der Waals surface area contributed by atoms with E-state index in [0.29, 0.717) is 24.0 Å². The highest BCUT2D eigenvalue weighted by molar-refractivity contribution is 6.23. The Kier molecular flexibility index (Phi) is 12.7. The SMILES string of the molecule is CC(=O)C1=C(/C=C/C(C)=C/C=C/C(C)=C/C=C/C=C(C)/C=C/C=C(C)/C=C/C2=C(C(C)=O)C(=O)CC2(C)C)C(C)(C)CC1=O. The number of Topliss-reactive ketones (excluding diaryl/α,β-unsaturated/α-hetero) is 4. The molecule has 0 heterocycles. The van der Waals surface area contributed by atoms with E-state index in [1.807, 2.05) is 140 Å². The van der Waals surface area contributed by atoms with E-state index in [1.165, 1.54) is 13.8 Å². The Labute approximate surface area is 264 Å². The molecule has 2 aliphatic carbocycles. The quantitative estimate of drug-likeness (QED) is 0.167. The third kappa shape index (κ3) is 10.2. The highest BCUT2D eigenvalue weighted by Crippen LogP contribution is 2.42. The number of carbonyl (C=O) groups is 4. The fourth-order valence-corrected chi connectivity index (χ4v) is 5.31. The van der Waals surface area contributed by atoms with Crippen molar-refractivity contribution in [3.05, 3.63) is 130 Å². The first-order chi connectivity index (χ1) is 20.5. The zero-order chi connectivity index (χ0) is 33.2. The van der Waals surface area contributed by atoms with Crippen molar-refractivity contribution in [1.82, 2.24) is 0 Å². The summed E-state index contributed by atoms with van der Waals surface area (Å²) in [4.78, 5) is 48.5. The molecule has 0 spiro atoms. The number of ketones is 4. The summed E-state index contributed by atoms with van der Waals surface area (Å²) in [7, 11) is 0. The zero-order valence-corrected chi connectivity index (χ0v) is 28.1. The van der Waals surface area contributed by atoms with Crippen molar-refractivity contribution < 1.29 is 19.2 Å². The maximum atomic E-state index is 12.3. The van der Waals surface area contributed by atoms with Gasteiger partial charge >= 0.3 is 0 Å². The van der Waals surface area contributed by atoms with Gasteiger partial charge in [-0.05, 0) is 63.5 Å².